The van der Waals surface area contributed by atoms with E-state index in [4.69, 9.17) is 19.4 Å². The number of halogens is 1. The zero-order chi connectivity index (χ0) is 24.4. The first-order valence-electron chi connectivity index (χ1n) is 11.7. The number of hydrogen-bond donors (Lipinski definition) is 0. The third-order valence-electron chi connectivity index (χ3n) is 5.89. The van der Waals surface area contributed by atoms with Gasteiger partial charge in [-0.3, -0.25) is 0 Å². The lowest BCUT2D eigenvalue weighted by molar-refractivity contribution is 0.0886. The van der Waals surface area contributed by atoms with Gasteiger partial charge in [-0.15, -0.1) is 11.3 Å². The number of hydrogen-bond acceptors (Lipinski definition) is 6. The zero-order valence-electron chi connectivity index (χ0n) is 20.1. The molecule has 5 aromatic rings. The van der Waals surface area contributed by atoms with Crippen LogP contribution >= 0.6 is 27.3 Å². The van der Waals surface area contributed by atoms with Crippen LogP contribution in [0, 0.1) is 0 Å². The molecule has 10 heteroatoms. The van der Waals surface area contributed by atoms with E-state index in [9.17, 15) is 0 Å². The Morgan fingerprint density at radius 3 is 2.74 bits per heavy atom. The van der Waals surface area contributed by atoms with Crippen molar-refractivity contribution in [3.63, 3.8) is 0 Å². The van der Waals surface area contributed by atoms with Gasteiger partial charge >= 0.3 is 0 Å². The van der Waals surface area contributed by atoms with Crippen LogP contribution in [0.4, 0.5) is 0 Å². The third-order valence-corrected chi connectivity index (χ3v) is 8.59. The maximum atomic E-state index is 6.07. The number of benzene rings is 2. The van der Waals surface area contributed by atoms with Crippen molar-refractivity contribution in [2.24, 2.45) is 0 Å². The number of thiazole rings is 1. The van der Waals surface area contributed by atoms with Crippen LogP contribution in [0.1, 0.15) is 0 Å². The molecule has 0 aliphatic heterocycles. The fourth-order valence-electron chi connectivity index (χ4n) is 4.03. The fourth-order valence-corrected chi connectivity index (χ4v) is 5.68. The second-order valence-electron chi connectivity index (χ2n) is 8.89. The van der Waals surface area contributed by atoms with E-state index in [2.05, 4.69) is 67.4 Å². The van der Waals surface area contributed by atoms with E-state index in [1.165, 1.54) is 0 Å². The predicted octanol–water partition coefficient (Wildman–Crippen LogP) is 6.05. The maximum Gasteiger partial charge on any atom is 0.161 e. The van der Waals surface area contributed by atoms with Crippen LogP contribution in [0.2, 0.25) is 19.1 Å². The van der Waals surface area contributed by atoms with E-state index in [1.54, 1.807) is 18.4 Å². The largest absolute Gasteiger partial charge is 0.383 e. The molecule has 35 heavy (non-hydrogen) atoms. The van der Waals surface area contributed by atoms with Gasteiger partial charge in [-0.25, -0.2) is 15.0 Å². The van der Waals surface area contributed by atoms with Gasteiger partial charge in [0.25, 0.3) is 0 Å². The molecular weight excluding hydrogens is 542 g/mol. The Labute approximate surface area is 218 Å². The summed E-state index contributed by atoms with van der Waals surface area (Å²) >= 11 is 5.24. The first-order valence-corrected chi connectivity index (χ1v) is 16.5. The molecule has 0 unspecified atom stereocenters. The van der Waals surface area contributed by atoms with Gasteiger partial charge in [0.2, 0.25) is 0 Å². The van der Waals surface area contributed by atoms with Gasteiger partial charge in [0.15, 0.2) is 5.82 Å². The quantitative estimate of drug-likeness (QED) is 0.151. The smallest absolute Gasteiger partial charge is 0.161 e. The lowest BCUT2D eigenvalue weighted by atomic mass is 10.2. The lowest BCUT2D eigenvalue weighted by Crippen LogP contribution is -2.09. The second kappa shape index (κ2) is 10.7. The van der Waals surface area contributed by atoms with E-state index >= 15 is 0 Å². The van der Waals surface area contributed by atoms with Crippen molar-refractivity contribution in [3.8, 4) is 22.9 Å². The van der Waals surface area contributed by atoms with E-state index in [0.29, 0.717) is 19.9 Å². The average molecular weight is 571 g/mol. The standard InChI is InChI=1S/C25H28BrN5O2SSi/c1-32-9-8-31-22-13-18(26)5-6-19(22)28-25(31)21-14-30(16-33-10-11-35(2)3)24(29-21)17-4-7-23-20(12-17)27-15-34-23/h4-7,12-15,35H,8-11,16H2,1-3H3. The van der Waals surface area contributed by atoms with E-state index in [0.717, 1.165) is 61.3 Å². The number of ether oxygens (including phenoxy) is 2. The van der Waals surface area contributed by atoms with Crippen LogP contribution < -0.4 is 0 Å². The van der Waals surface area contributed by atoms with Crippen LogP contribution in [0.25, 0.3) is 44.2 Å². The van der Waals surface area contributed by atoms with Gasteiger partial charge in [-0.2, -0.15) is 0 Å². The van der Waals surface area contributed by atoms with E-state index in [-0.39, 0.29) is 0 Å². The highest BCUT2D eigenvalue weighted by Crippen LogP contribution is 2.31. The fraction of sp³-hybridized carbons (Fsp3) is 0.320. The molecule has 0 bridgehead atoms. The summed E-state index contributed by atoms with van der Waals surface area (Å²) in [7, 11) is 1.06. The molecule has 0 saturated carbocycles. The van der Waals surface area contributed by atoms with Crippen LogP contribution in [-0.4, -0.2) is 53.2 Å². The molecule has 0 saturated heterocycles. The van der Waals surface area contributed by atoms with Crippen LogP contribution in [-0.2, 0) is 22.7 Å². The van der Waals surface area contributed by atoms with Crippen molar-refractivity contribution in [3.05, 3.63) is 52.6 Å². The summed E-state index contributed by atoms with van der Waals surface area (Å²) in [6.07, 6.45) is 2.05. The molecule has 7 nitrogen and oxygen atoms in total. The molecule has 0 N–H and O–H groups in total. The van der Waals surface area contributed by atoms with Crippen LogP contribution in [0.3, 0.4) is 0 Å². The summed E-state index contributed by atoms with van der Waals surface area (Å²) < 4.78 is 17.9. The Morgan fingerprint density at radius 1 is 1.03 bits per heavy atom. The molecule has 0 fully saturated rings. The van der Waals surface area contributed by atoms with Crippen LogP contribution in [0.5, 0.6) is 0 Å². The first kappa shape index (κ1) is 24.3. The van der Waals surface area contributed by atoms with Crippen molar-refractivity contribution in [1.29, 1.82) is 0 Å². The zero-order valence-corrected chi connectivity index (χ0v) is 23.6. The molecule has 0 amide bonds. The number of fused-ring (bicyclic) bond motifs is 2. The number of nitrogens with zero attached hydrogens (tertiary/aromatic N) is 5. The summed E-state index contributed by atoms with van der Waals surface area (Å²) in [5.74, 6) is 1.67. The molecule has 182 valence electrons. The summed E-state index contributed by atoms with van der Waals surface area (Å²) in [5.41, 5.74) is 6.65. The minimum Gasteiger partial charge on any atom is -0.383 e. The topological polar surface area (TPSA) is 67.0 Å². The number of imidazole rings is 2. The maximum absolute atomic E-state index is 6.07. The van der Waals surface area contributed by atoms with Gasteiger partial charge in [0.1, 0.15) is 18.2 Å². The molecule has 3 aromatic heterocycles. The third kappa shape index (κ3) is 5.26. The van der Waals surface area contributed by atoms with Crippen molar-refractivity contribution in [2.75, 3.05) is 20.3 Å². The highest BCUT2D eigenvalue weighted by atomic mass is 79.9. The Morgan fingerprint density at radius 2 is 1.91 bits per heavy atom. The normalized spacial score (nSPS) is 11.9. The molecule has 0 radical (unpaired) electrons. The molecule has 5 rings (SSSR count). The number of aromatic nitrogens is 5. The Hall–Kier alpha value is -2.37. The summed E-state index contributed by atoms with van der Waals surface area (Å²) in [6, 6.07) is 13.6. The van der Waals surface area contributed by atoms with Gasteiger partial charge < -0.3 is 18.6 Å². The molecule has 2 aromatic carbocycles. The van der Waals surface area contributed by atoms with Crippen molar-refractivity contribution in [1.82, 2.24) is 24.1 Å². The van der Waals surface area contributed by atoms with Gasteiger partial charge in [-0.1, -0.05) is 29.0 Å². The average Bonchev–Trinajstić information content (AvgIpc) is 3.56. The summed E-state index contributed by atoms with van der Waals surface area (Å²) in [5, 5.41) is 0. The summed E-state index contributed by atoms with van der Waals surface area (Å²) in [4.78, 5) is 14.5. The van der Waals surface area contributed by atoms with Crippen molar-refractivity contribution in [2.45, 2.75) is 32.4 Å². The van der Waals surface area contributed by atoms with Gasteiger partial charge in [0, 0.05) is 45.3 Å². The van der Waals surface area contributed by atoms with E-state index in [1.807, 2.05) is 23.8 Å². The minimum atomic E-state index is -0.658. The van der Waals surface area contributed by atoms with Crippen molar-refractivity contribution < 1.29 is 9.47 Å². The Balaban J connectivity index is 1.58. The molecule has 0 spiro atoms. The summed E-state index contributed by atoms with van der Waals surface area (Å²) in [6.45, 7) is 7.17. The van der Waals surface area contributed by atoms with Gasteiger partial charge in [-0.05, 0) is 42.4 Å². The monoisotopic (exact) mass is 569 g/mol. The highest BCUT2D eigenvalue weighted by molar-refractivity contribution is 9.10. The SMILES string of the molecule is COCCn1c(-c2cn(COCC[SiH](C)C)c(-c3ccc4scnc4c3)n2)nc2ccc(Br)cc21. The highest BCUT2D eigenvalue weighted by Gasteiger charge is 2.19. The number of methoxy groups -OCH3 is 1. The van der Waals surface area contributed by atoms with E-state index < -0.39 is 8.80 Å². The molecule has 0 atom stereocenters. The Bertz CT molecular complexity index is 1460. The predicted molar refractivity (Wildman–Crippen MR) is 149 cm³/mol. The Kier molecular flexibility index (Phi) is 7.45. The van der Waals surface area contributed by atoms with Crippen LogP contribution in [0.15, 0.2) is 52.6 Å². The molecular formula is C25H28BrN5O2SSi. The molecule has 0 aliphatic rings. The molecule has 3 heterocycles. The lowest BCUT2D eigenvalue weighted by Gasteiger charge is -2.09. The number of rotatable bonds is 10. The first-order chi connectivity index (χ1) is 17.0. The minimum absolute atomic E-state index is 0.447. The molecule has 0 aliphatic carbocycles. The second-order valence-corrected chi connectivity index (χ2v) is 14.1. The van der Waals surface area contributed by atoms with Gasteiger partial charge in [0.05, 0.1) is 33.4 Å². The van der Waals surface area contributed by atoms with Crippen molar-refractivity contribution >= 4 is 57.3 Å².